The Bertz CT molecular complexity index is 1200. The number of imide groups is 1. The van der Waals surface area contributed by atoms with E-state index in [9.17, 15) is 9.59 Å². The third-order valence-corrected chi connectivity index (χ3v) is 5.28. The Morgan fingerprint density at radius 2 is 1.72 bits per heavy atom. The molecule has 0 fully saturated rings. The van der Waals surface area contributed by atoms with Gasteiger partial charge in [0, 0.05) is 28.2 Å². The lowest BCUT2D eigenvalue weighted by atomic mass is 10.0. The van der Waals surface area contributed by atoms with E-state index in [1.165, 1.54) is 6.08 Å². The summed E-state index contributed by atoms with van der Waals surface area (Å²) in [5, 5.41) is 5.88. The van der Waals surface area contributed by atoms with Crippen LogP contribution in [-0.2, 0) is 9.59 Å². The van der Waals surface area contributed by atoms with Crippen LogP contribution in [0.5, 0.6) is 0 Å². The molecule has 1 heterocycles. The molecule has 0 aromatic heterocycles. The first-order chi connectivity index (χ1) is 14.0. The second-order valence-electron chi connectivity index (χ2n) is 6.54. The maximum Gasteiger partial charge on any atom is 0.278 e. The molecule has 6 heteroatoms. The first-order valence-electron chi connectivity index (χ1n) is 8.93. The summed E-state index contributed by atoms with van der Waals surface area (Å²) in [5.41, 5.74) is 1.56. The molecule has 3 aromatic rings. The molecule has 0 aliphatic carbocycles. The second-order valence-corrected chi connectivity index (χ2v) is 7.38. The normalized spacial score (nSPS) is 14.1. The minimum atomic E-state index is -0.429. The molecule has 0 saturated carbocycles. The Labute approximate surface area is 178 Å². The molecule has 4 rings (SSSR count). The highest BCUT2D eigenvalue weighted by Gasteiger charge is 2.39. The van der Waals surface area contributed by atoms with Gasteiger partial charge in [-0.2, -0.15) is 0 Å². The first kappa shape index (κ1) is 19.2. The van der Waals surface area contributed by atoms with Crippen LogP contribution in [0.3, 0.4) is 0 Å². The average molecular weight is 423 g/mol. The Kier molecular flexibility index (Phi) is 5.14. The molecule has 0 spiro atoms. The molecular weight excluding hydrogens is 407 g/mol. The Balaban J connectivity index is 1.89. The van der Waals surface area contributed by atoms with Crippen molar-refractivity contribution in [3.63, 3.8) is 0 Å². The Morgan fingerprint density at radius 1 is 0.966 bits per heavy atom. The van der Waals surface area contributed by atoms with Gasteiger partial charge in [-0.15, -0.1) is 6.58 Å². The maximum absolute atomic E-state index is 13.1. The van der Waals surface area contributed by atoms with Crippen LogP contribution in [0.2, 0.25) is 10.0 Å². The zero-order valence-electron chi connectivity index (χ0n) is 15.3. The summed E-state index contributed by atoms with van der Waals surface area (Å²) >= 11 is 12.4. The van der Waals surface area contributed by atoms with E-state index in [4.69, 9.17) is 23.2 Å². The van der Waals surface area contributed by atoms with Crippen LogP contribution < -0.4 is 5.32 Å². The van der Waals surface area contributed by atoms with Gasteiger partial charge in [0.1, 0.15) is 5.70 Å². The van der Waals surface area contributed by atoms with Gasteiger partial charge in [0.15, 0.2) is 0 Å². The number of fused-ring (bicyclic) bond motifs is 1. The predicted molar refractivity (Wildman–Crippen MR) is 118 cm³/mol. The van der Waals surface area contributed by atoms with Crippen molar-refractivity contribution >= 4 is 57.0 Å². The third-order valence-electron chi connectivity index (χ3n) is 4.73. The zero-order chi connectivity index (χ0) is 20.5. The van der Waals surface area contributed by atoms with Crippen LogP contribution in [0.15, 0.2) is 79.0 Å². The molecule has 0 bridgehead atoms. The van der Waals surface area contributed by atoms with Crippen LogP contribution in [0.1, 0.15) is 5.56 Å². The van der Waals surface area contributed by atoms with Gasteiger partial charge in [-0.1, -0.05) is 71.7 Å². The number of anilines is 1. The summed E-state index contributed by atoms with van der Waals surface area (Å²) in [6, 6.07) is 18.4. The fourth-order valence-corrected chi connectivity index (χ4v) is 3.90. The number of halogens is 2. The van der Waals surface area contributed by atoms with Gasteiger partial charge < -0.3 is 5.32 Å². The molecule has 1 N–H and O–H groups in total. The van der Waals surface area contributed by atoms with Crippen molar-refractivity contribution in [2.24, 2.45) is 0 Å². The summed E-state index contributed by atoms with van der Waals surface area (Å²) in [6.07, 6.45) is 1.51. The van der Waals surface area contributed by atoms with Crippen molar-refractivity contribution < 1.29 is 9.59 Å². The van der Waals surface area contributed by atoms with Crippen molar-refractivity contribution in [2.75, 3.05) is 11.9 Å². The summed E-state index contributed by atoms with van der Waals surface area (Å²) in [7, 11) is 0. The number of amides is 2. The van der Waals surface area contributed by atoms with Crippen molar-refractivity contribution in [1.82, 2.24) is 4.90 Å². The number of hydrogen-bond donors (Lipinski definition) is 1. The Morgan fingerprint density at radius 3 is 2.48 bits per heavy atom. The van der Waals surface area contributed by atoms with Crippen molar-refractivity contribution in [1.29, 1.82) is 0 Å². The molecule has 0 saturated heterocycles. The highest BCUT2D eigenvalue weighted by Crippen LogP contribution is 2.36. The first-order valence-corrected chi connectivity index (χ1v) is 9.68. The predicted octanol–water partition coefficient (Wildman–Crippen LogP) is 5.52. The molecule has 0 radical (unpaired) electrons. The molecule has 144 valence electrons. The molecule has 0 atom stereocenters. The van der Waals surface area contributed by atoms with E-state index < -0.39 is 11.8 Å². The van der Waals surface area contributed by atoms with Gasteiger partial charge in [-0.25, -0.2) is 0 Å². The molecule has 29 heavy (non-hydrogen) atoms. The van der Waals surface area contributed by atoms with Crippen molar-refractivity contribution in [3.05, 3.63) is 94.6 Å². The standard InChI is InChI=1S/C23H16Cl2N2O2/c1-2-12-27-22(28)20(17-11-10-15(24)13-18(17)25)21(23(27)29)26-19-9-5-7-14-6-3-4-8-16(14)19/h2-11,13,26H,1,12H2. The molecule has 1 aliphatic rings. The van der Waals surface area contributed by atoms with Crippen molar-refractivity contribution in [3.8, 4) is 0 Å². The van der Waals surface area contributed by atoms with Gasteiger partial charge in [-0.05, 0) is 23.6 Å². The summed E-state index contributed by atoms with van der Waals surface area (Å²) < 4.78 is 0. The molecular formula is C23H16Cl2N2O2. The number of benzene rings is 3. The third kappa shape index (κ3) is 3.41. The number of rotatable bonds is 5. The average Bonchev–Trinajstić information content (AvgIpc) is 2.93. The van der Waals surface area contributed by atoms with Crippen LogP contribution in [0.25, 0.3) is 16.3 Å². The summed E-state index contributed by atoms with van der Waals surface area (Å²) in [4.78, 5) is 27.3. The lowest BCUT2D eigenvalue weighted by molar-refractivity contribution is -0.136. The SMILES string of the molecule is C=CCN1C(=O)C(Nc2cccc3ccccc23)=C(c2ccc(Cl)cc2Cl)C1=O. The molecule has 1 aliphatic heterocycles. The molecule has 4 nitrogen and oxygen atoms in total. The zero-order valence-corrected chi connectivity index (χ0v) is 16.8. The lowest BCUT2D eigenvalue weighted by Crippen LogP contribution is -2.32. The molecule has 0 unspecified atom stereocenters. The van der Waals surface area contributed by atoms with Gasteiger partial charge in [0.05, 0.1) is 10.6 Å². The van der Waals surface area contributed by atoms with Gasteiger partial charge in [0.25, 0.3) is 11.8 Å². The number of nitrogens with one attached hydrogen (secondary N) is 1. The monoisotopic (exact) mass is 422 g/mol. The van der Waals surface area contributed by atoms with Crippen LogP contribution >= 0.6 is 23.2 Å². The number of carbonyl (C=O) groups is 2. The van der Waals surface area contributed by atoms with E-state index >= 15 is 0 Å². The number of nitrogens with zero attached hydrogens (tertiary/aromatic N) is 1. The van der Waals surface area contributed by atoms with Crippen molar-refractivity contribution in [2.45, 2.75) is 0 Å². The lowest BCUT2D eigenvalue weighted by Gasteiger charge is -2.13. The maximum atomic E-state index is 13.1. The van der Waals surface area contributed by atoms with Gasteiger partial charge in [0.2, 0.25) is 0 Å². The highest BCUT2D eigenvalue weighted by atomic mass is 35.5. The smallest absolute Gasteiger partial charge is 0.278 e. The molecule has 3 aromatic carbocycles. The molecule has 2 amide bonds. The van der Waals surface area contributed by atoms with Crippen LogP contribution in [0.4, 0.5) is 5.69 Å². The fourth-order valence-electron chi connectivity index (χ4n) is 3.40. The fraction of sp³-hybridized carbons (Fsp3) is 0.0435. The topological polar surface area (TPSA) is 49.4 Å². The van der Waals surface area contributed by atoms with E-state index in [1.807, 2.05) is 42.5 Å². The summed E-state index contributed by atoms with van der Waals surface area (Å²) in [5.74, 6) is -0.856. The van der Waals surface area contributed by atoms with E-state index in [1.54, 1.807) is 18.2 Å². The van der Waals surface area contributed by atoms with E-state index in [0.717, 1.165) is 21.4 Å². The van der Waals surface area contributed by atoms with E-state index in [2.05, 4.69) is 11.9 Å². The quantitative estimate of drug-likeness (QED) is 0.434. The van der Waals surface area contributed by atoms with Gasteiger partial charge in [-0.3, -0.25) is 14.5 Å². The summed E-state index contributed by atoms with van der Waals surface area (Å²) in [6.45, 7) is 3.75. The van der Waals surface area contributed by atoms with E-state index in [-0.39, 0.29) is 17.8 Å². The highest BCUT2D eigenvalue weighted by molar-refractivity contribution is 6.41. The van der Waals surface area contributed by atoms with Gasteiger partial charge >= 0.3 is 0 Å². The number of hydrogen-bond acceptors (Lipinski definition) is 3. The largest absolute Gasteiger partial charge is 0.350 e. The van der Waals surface area contributed by atoms with E-state index in [0.29, 0.717) is 15.6 Å². The minimum absolute atomic E-state index is 0.104. The second kappa shape index (κ2) is 7.74. The Hall–Kier alpha value is -3.08. The number of carbonyl (C=O) groups excluding carboxylic acids is 2. The minimum Gasteiger partial charge on any atom is -0.350 e. The van der Waals surface area contributed by atoms with Crippen LogP contribution in [-0.4, -0.2) is 23.3 Å². The van der Waals surface area contributed by atoms with Crippen LogP contribution in [0, 0.1) is 0 Å².